The molecule has 0 atom stereocenters. The average Bonchev–Trinajstić information content (AvgIpc) is 3.84. The van der Waals surface area contributed by atoms with Crippen LogP contribution in [0.25, 0.3) is 110 Å². The summed E-state index contributed by atoms with van der Waals surface area (Å²) in [4.78, 5) is 21.1. The maximum absolute atomic E-state index is 6.76. The third-order valence-corrected chi connectivity index (χ3v) is 11.2. The van der Waals surface area contributed by atoms with Crippen LogP contribution >= 0.6 is 11.3 Å². The van der Waals surface area contributed by atoms with Crippen molar-refractivity contribution in [1.29, 1.82) is 0 Å². The fourth-order valence-corrected chi connectivity index (χ4v) is 8.68. The van der Waals surface area contributed by atoms with Crippen molar-refractivity contribution < 1.29 is 4.42 Å². The molecule has 8 aromatic carbocycles. The minimum atomic E-state index is 0.533. The molecule has 3 aromatic heterocycles. The fraction of sp³-hybridized carbons (Fsp3) is 0. The molecule has 0 amide bonds. The highest BCUT2D eigenvalue weighted by Crippen LogP contribution is 2.45. The summed E-state index contributed by atoms with van der Waals surface area (Å²) in [6.07, 6.45) is 0. The molecule has 0 aliphatic rings. The van der Waals surface area contributed by atoms with E-state index >= 15 is 0 Å². The molecular weight excluding hydrogens is 681 g/mol. The van der Waals surface area contributed by atoms with Crippen LogP contribution in [0.5, 0.6) is 0 Å². The van der Waals surface area contributed by atoms with Crippen LogP contribution in [-0.4, -0.2) is 19.9 Å². The molecule has 0 aliphatic carbocycles. The van der Waals surface area contributed by atoms with Gasteiger partial charge in [0.25, 0.3) is 0 Å². The molecule has 0 aliphatic heterocycles. The lowest BCUT2D eigenvalue weighted by Gasteiger charge is -2.14. The highest BCUT2D eigenvalue weighted by atomic mass is 32.1. The third kappa shape index (κ3) is 5.07. The third-order valence-electron chi connectivity index (χ3n) is 10.1. The van der Waals surface area contributed by atoms with Crippen molar-refractivity contribution in [2.24, 2.45) is 0 Å². The molecule has 0 N–H and O–H groups in total. The summed E-state index contributed by atoms with van der Waals surface area (Å²) >= 11 is 1.74. The number of rotatable bonds is 5. The van der Waals surface area contributed by atoms with Crippen LogP contribution < -0.4 is 0 Å². The first kappa shape index (κ1) is 30.6. The zero-order valence-electron chi connectivity index (χ0n) is 28.8. The summed E-state index contributed by atoms with van der Waals surface area (Å²) in [6.45, 7) is 0. The lowest BCUT2D eigenvalue weighted by Crippen LogP contribution is -2.02. The molecular formula is C48H28N4OS. The van der Waals surface area contributed by atoms with E-state index in [-0.39, 0.29) is 0 Å². The lowest BCUT2D eigenvalue weighted by atomic mass is 9.95. The smallest absolute Gasteiger partial charge is 0.227 e. The molecule has 0 fully saturated rings. The van der Waals surface area contributed by atoms with Gasteiger partial charge in [0.05, 0.1) is 5.56 Å². The Morgan fingerprint density at radius 1 is 0.407 bits per heavy atom. The Hall–Kier alpha value is -7.02. The molecule has 11 rings (SSSR count). The molecule has 5 nitrogen and oxygen atoms in total. The number of benzene rings is 8. The molecule has 3 heterocycles. The molecule has 6 heteroatoms. The SMILES string of the molecule is c1ccc(-c2nc3cc4sc5ccccc5c4c(-c4nc(-c5ccc6ccccc6c5)nc(-c5cc6ccccc6cc5-c5ccccc5)n4)c3o2)cc1. The summed E-state index contributed by atoms with van der Waals surface area (Å²) in [6, 6.07) is 58.8. The van der Waals surface area contributed by atoms with Crippen LogP contribution in [0, 0.1) is 0 Å². The molecule has 54 heavy (non-hydrogen) atoms. The van der Waals surface area contributed by atoms with Crippen molar-refractivity contribution in [3.8, 4) is 56.7 Å². The van der Waals surface area contributed by atoms with E-state index in [0.29, 0.717) is 28.9 Å². The largest absolute Gasteiger partial charge is 0.435 e. The molecule has 0 saturated heterocycles. The topological polar surface area (TPSA) is 64.7 Å². The van der Waals surface area contributed by atoms with Gasteiger partial charge >= 0.3 is 0 Å². The maximum atomic E-state index is 6.76. The van der Waals surface area contributed by atoms with Gasteiger partial charge in [-0.05, 0) is 75.1 Å². The van der Waals surface area contributed by atoms with E-state index in [1.165, 1.54) is 4.70 Å². The summed E-state index contributed by atoms with van der Waals surface area (Å²) in [5.74, 6) is 2.25. The standard InChI is InChI=1S/C48H28N4OS/c1-3-14-30(15-4-1)37-26-33-19-9-10-20-34(33)27-38(37)46-50-45(35-24-23-29-13-7-8-18-32(29)25-35)51-47(52-46)43-42-36-21-11-12-22-40(36)54-41(42)28-39-44(43)53-48(49-39)31-16-5-2-6-17-31/h1-28H. The Morgan fingerprint density at radius 2 is 1.02 bits per heavy atom. The van der Waals surface area contributed by atoms with Crippen molar-refractivity contribution in [3.05, 3.63) is 170 Å². The highest BCUT2D eigenvalue weighted by Gasteiger charge is 2.25. The van der Waals surface area contributed by atoms with Crippen molar-refractivity contribution in [2.45, 2.75) is 0 Å². The van der Waals surface area contributed by atoms with Gasteiger partial charge in [0.15, 0.2) is 23.1 Å². The summed E-state index contributed by atoms with van der Waals surface area (Å²) in [7, 11) is 0. The first-order valence-corrected chi connectivity index (χ1v) is 18.7. The van der Waals surface area contributed by atoms with E-state index in [2.05, 4.69) is 133 Å². The van der Waals surface area contributed by atoms with Gasteiger partial charge in [0.1, 0.15) is 5.52 Å². The van der Waals surface area contributed by atoms with Crippen molar-refractivity contribution in [3.63, 3.8) is 0 Å². The van der Waals surface area contributed by atoms with E-state index in [0.717, 1.165) is 75.9 Å². The Labute approximate surface area is 313 Å². The number of thiophene rings is 1. The second kappa shape index (κ2) is 12.3. The molecule has 0 saturated carbocycles. The van der Waals surface area contributed by atoms with Crippen LogP contribution in [0.15, 0.2) is 174 Å². The lowest BCUT2D eigenvalue weighted by molar-refractivity contribution is 0.621. The van der Waals surface area contributed by atoms with Gasteiger partial charge in [-0.25, -0.2) is 19.9 Å². The Kier molecular flexibility index (Phi) is 6.97. The molecule has 0 radical (unpaired) electrons. The molecule has 0 spiro atoms. The minimum absolute atomic E-state index is 0.533. The van der Waals surface area contributed by atoms with Gasteiger partial charge in [-0.3, -0.25) is 0 Å². The predicted octanol–water partition coefficient (Wildman–Crippen LogP) is 13.0. The summed E-state index contributed by atoms with van der Waals surface area (Å²) in [5, 5.41) is 6.69. The van der Waals surface area contributed by atoms with E-state index in [1.54, 1.807) is 11.3 Å². The second-order valence-corrected chi connectivity index (χ2v) is 14.5. The number of hydrogen-bond donors (Lipinski definition) is 0. The molecule has 0 unspecified atom stereocenters. The van der Waals surface area contributed by atoms with Gasteiger partial charge in [0.2, 0.25) is 5.89 Å². The van der Waals surface area contributed by atoms with Gasteiger partial charge < -0.3 is 4.42 Å². The normalized spacial score (nSPS) is 11.7. The second-order valence-electron chi connectivity index (χ2n) is 13.4. The first-order valence-electron chi connectivity index (χ1n) is 17.9. The maximum Gasteiger partial charge on any atom is 0.227 e. The van der Waals surface area contributed by atoms with Gasteiger partial charge in [0, 0.05) is 36.9 Å². The Morgan fingerprint density at radius 3 is 1.80 bits per heavy atom. The predicted molar refractivity (Wildman–Crippen MR) is 222 cm³/mol. The van der Waals surface area contributed by atoms with Crippen LogP contribution in [0.2, 0.25) is 0 Å². The van der Waals surface area contributed by atoms with E-state index in [9.17, 15) is 0 Å². The van der Waals surface area contributed by atoms with E-state index in [1.807, 2.05) is 36.4 Å². The van der Waals surface area contributed by atoms with Gasteiger partial charge in [-0.2, -0.15) is 0 Å². The van der Waals surface area contributed by atoms with Crippen LogP contribution in [0.4, 0.5) is 0 Å². The van der Waals surface area contributed by atoms with Crippen molar-refractivity contribution >= 4 is 64.2 Å². The van der Waals surface area contributed by atoms with E-state index in [4.69, 9.17) is 24.4 Å². The van der Waals surface area contributed by atoms with Crippen molar-refractivity contribution in [2.75, 3.05) is 0 Å². The molecule has 11 aromatic rings. The number of fused-ring (bicyclic) bond motifs is 6. The number of nitrogens with zero attached hydrogens (tertiary/aromatic N) is 4. The first-order chi connectivity index (χ1) is 26.7. The Bertz CT molecular complexity index is 3220. The summed E-state index contributed by atoms with van der Waals surface area (Å²) in [5.41, 5.74) is 7.08. The van der Waals surface area contributed by atoms with Crippen LogP contribution in [0.1, 0.15) is 0 Å². The molecule has 0 bridgehead atoms. The number of hydrogen-bond acceptors (Lipinski definition) is 6. The zero-order valence-corrected chi connectivity index (χ0v) is 29.6. The molecule has 252 valence electrons. The number of oxazole rings is 1. The van der Waals surface area contributed by atoms with Crippen molar-refractivity contribution in [1.82, 2.24) is 19.9 Å². The average molecular weight is 709 g/mol. The number of aromatic nitrogens is 4. The monoisotopic (exact) mass is 708 g/mol. The van der Waals surface area contributed by atoms with Crippen LogP contribution in [-0.2, 0) is 0 Å². The van der Waals surface area contributed by atoms with E-state index < -0.39 is 0 Å². The van der Waals surface area contributed by atoms with Gasteiger partial charge in [-0.15, -0.1) is 11.3 Å². The van der Waals surface area contributed by atoms with Crippen LogP contribution in [0.3, 0.4) is 0 Å². The zero-order chi connectivity index (χ0) is 35.6. The van der Waals surface area contributed by atoms with Gasteiger partial charge in [-0.1, -0.05) is 127 Å². The fourth-order valence-electron chi connectivity index (χ4n) is 7.54. The highest BCUT2D eigenvalue weighted by molar-refractivity contribution is 7.26. The Balaban J connectivity index is 1.26. The summed E-state index contributed by atoms with van der Waals surface area (Å²) < 4.78 is 9.03. The quantitative estimate of drug-likeness (QED) is 0.178. The minimum Gasteiger partial charge on any atom is -0.435 e.